The number of anilines is 1. The molecule has 164 valence electrons. The minimum Gasteiger partial charge on any atom is -0.478 e. The summed E-state index contributed by atoms with van der Waals surface area (Å²) in [7, 11) is 0. The van der Waals surface area contributed by atoms with E-state index >= 15 is 0 Å². The van der Waals surface area contributed by atoms with Gasteiger partial charge in [-0.15, -0.1) is 0 Å². The van der Waals surface area contributed by atoms with E-state index in [0.29, 0.717) is 5.82 Å². The number of carboxylic acids is 1. The molecule has 0 atom stereocenters. The van der Waals surface area contributed by atoms with Gasteiger partial charge in [-0.3, -0.25) is 0 Å². The number of aliphatic carboxylic acids is 1. The van der Waals surface area contributed by atoms with Gasteiger partial charge < -0.3 is 10.0 Å². The average molecular weight is 411 g/mol. The summed E-state index contributed by atoms with van der Waals surface area (Å²) < 4.78 is 0. The van der Waals surface area contributed by atoms with E-state index in [2.05, 4.69) is 70.1 Å². The first kappa shape index (κ1) is 23.9. The van der Waals surface area contributed by atoms with Gasteiger partial charge >= 0.3 is 5.97 Å². The maximum absolute atomic E-state index is 11.3. The van der Waals surface area contributed by atoms with Gasteiger partial charge in [-0.2, -0.15) is 0 Å². The van der Waals surface area contributed by atoms with Crippen LogP contribution in [0.25, 0.3) is 0 Å². The van der Waals surface area contributed by atoms with Crippen LogP contribution in [0.15, 0.2) is 41.2 Å². The predicted molar refractivity (Wildman–Crippen MR) is 128 cm³/mol. The Hall–Kier alpha value is -2.36. The maximum Gasteiger partial charge on any atom is 0.336 e. The fourth-order valence-electron chi connectivity index (χ4n) is 3.94. The van der Waals surface area contributed by atoms with Crippen LogP contribution in [0.3, 0.4) is 0 Å². The van der Waals surface area contributed by atoms with Crippen molar-refractivity contribution in [2.75, 3.05) is 11.4 Å². The fraction of sp³-hybridized carbons (Fsp3) is 0.538. The molecule has 4 nitrogen and oxygen atoms in total. The van der Waals surface area contributed by atoms with Gasteiger partial charge in [0.15, 0.2) is 0 Å². The minimum absolute atomic E-state index is 0.0326. The van der Waals surface area contributed by atoms with Gasteiger partial charge in [0.05, 0.1) is 5.57 Å². The topological polar surface area (TPSA) is 52.9 Å². The van der Waals surface area contributed by atoms with Gasteiger partial charge in [-0.05, 0) is 59.8 Å². The van der Waals surface area contributed by atoms with Crippen LogP contribution < -0.4 is 4.90 Å². The Bertz CT molecular complexity index is 870. The number of carbonyl (C=O) groups is 1. The highest BCUT2D eigenvalue weighted by atomic mass is 16.4. The van der Waals surface area contributed by atoms with Gasteiger partial charge in [-0.1, -0.05) is 66.7 Å². The molecule has 0 spiro atoms. The van der Waals surface area contributed by atoms with E-state index < -0.39 is 5.97 Å². The summed E-state index contributed by atoms with van der Waals surface area (Å²) in [6.07, 6.45) is 7.20. The molecule has 30 heavy (non-hydrogen) atoms. The van der Waals surface area contributed by atoms with Crippen LogP contribution in [0, 0.1) is 0 Å². The molecule has 1 N–H and O–H groups in total. The molecule has 0 saturated carbocycles. The summed E-state index contributed by atoms with van der Waals surface area (Å²) in [6.45, 7) is 20.3. The van der Waals surface area contributed by atoms with Gasteiger partial charge in [0.25, 0.3) is 0 Å². The molecule has 0 fully saturated rings. The Morgan fingerprint density at radius 2 is 2.00 bits per heavy atom. The monoisotopic (exact) mass is 410 g/mol. The predicted octanol–water partition coefficient (Wildman–Crippen LogP) is 6.39. The number of carboxylic acid groups (broad SMARTS) is 1. The molecule has 0 saturated heterocycles. The summed E-state index contributed by atoms with van der Waals surface area (Å²) in [5.74, 6) is -0.395. The number of unbranched alkanes of at least 4 members (excludes halogenated alkanes) is 1. The van der Waals surface area contributed by atoms with Crippen LogP contribution in [0.1, 0.15) is 84.4 Å². The molecular formula is C26H38N2O2. The van der Waals surface area contributed by atoms with E-state index in [1.807, 2.05) is 0 Å². The highest BCUT2D eigenvalue weighted by Crippen LogP contribution is 2.45. The summed E-state index contributed by atoms with van der Waals surface area (Å²) in [5, 5.41) is 9.29. The van der Waals surface area contributed by atoms with Gasteiger partial charge in [0, 0.05) is 18.4 Å². The van der Waals surface area contributed by atoms with Crippen molar-refractivity contribution in [2.24, 2.45) is 4.99 Å². The quantitative estimate of drug-likeness (QED) is 0.399. The van der Waals surface area contributed by atoms with Crippen molar-refractivity contribution < 1.29 is 9.90 Å². The zero-order valence-corrected chi connectivity index (χ0v) is 19.8. The van der Waals surface area contributed by atoms with Crippen molar-refractivity contribution in [3.8, 4) is 0 Å². The zero-order valence-electron chi connectivity index (χ0n) is 19.8. The van der Waals surface area contributed by atoms with Crippen molar-refractivity contribution in [3.63, 3.8) is 0 Å². The molecule has 0 aromatic heterocycles. The first-order valence-electron chi connectivity index (χ1n) is 11.0. The molecule has 0 unspecified atom stereocenters. The first-order valence-corrected chi connectivity index (χ1v) is 11.0. The number of aliphatic imine (C=N–C) groups is 1. The standard InChI is InChI=1S/C26H38N2O2/c1-9-11-14-28(18(3)27-17-19(10-2)24(29)30)23-16-20(25(4,5)6)15-22-21(23)12-13-26(22,7)8/h10,15-17H,3,9,11-14H2,1-2,4-8H3,(H,29,30)/b19-10+,27-17?. The third-order valence-electron chi connectivity index (χ3n) is 6.07. The van der Waals surface area contributed by atoms with Crippen LogP contribution in [0.4, 0.5) is 5.69 Å². The van der Waals surface area contributed by atoms with E-state index in [4.69, 9.17) is 0 Å². The SMILES string of the molecule is C=C(N=C/C(=C\C)C(=O)O)N(CCCC)c1cc(C(C)(C)C)cc2c1CCC2(C)C. The lowest BCUT2D eigenvalue weighted by Crippen LogP contribution is -2.25. The lowest BCUT2D eigenvalue weighted by Gasteiger charge is -2.31. The fourth-order valence-corrected chi connectivity index (χ4v) is 3.94. The van der Waals surface area contributed by atoms with Crippen molar-refractivity contribution in [3.05, 3.63) is 52.9 Å². The second-order valence-electron chi connectivity index (χ2n) is 9.88. The summed E-state index contributed by atoms with van der Waals surface area (Å²) in [6, 6.07) is 4.68. The number of rotatable bonds is 8. The number of hydrogen-bond acceptors (Lipinski definition) is 3. The third-order valence-corrected chi connectivity index (χ3v) is 6.07. The lowest BCUT2D eigenvalue weighted by atomic mass is 9.80. The highest BCUT2D eigenvalue weighted by molar-refractivity contribution is 6.08. The van der Waals surface area contributed by atoms with Gasteiger partial charge in [0.2, 0.25) is 0 Å². The Kier molecular flexibility index (Phi) is 7.33. The van der Waals surface area contributed by atoms with Crippen LogP contribution in [-0.4, -0.2) is 23.8 Å². The molecule has 4 heteroatoms. The summed E-state index contributed by atoms with van der Waals surface area (Å²) in [4.78, 5) is 18.0. The Balaban J connectivity index is 2.59. The van der Waals surface area contributed by atoms with Crippen LogP contribution in [-0.2, 0) is 22.0 Å². The molecule has 1 aliphatic rings. The Morgan fingerprint density at radius 3 is 2.53 bits per heavy atom. The maximum atomic E-state index is 11.3. The molecule has 0 radical (unpaired) electrons. The number of allylic oxidation sites excluding steroid dienone is 1. The molecular weight excluding hydrogens is 372 g/mol. The number of nitrogens with zero attached hydrogens (tertiary/aromatic N) is 2. The van der Waals surface area contributed by atoms with Gasteiger partial charge in [-0.25, -0.2) is 9.79 Å². The van der Waals surface area contributed by atoms with E-state index in [1.54, 1.807) is 13.0 Å². The molecule has 1 aromatic rings. The molecule has 1 aromatic carbocycles. The molecule has 0 heterocycles. The van der Waals surface area contributed by atoms with Crippen molar-refractivity contribution >= 4 is 17.9 Å². The smallest absolute Gasteiger partial charge is 0.336 e. The largest absolute Gasteiger partial charge is 0.478 e. The van der Waals surface area contributed by atoms with Crippen LogP contribution in [0.5, 0.6) is 0 Å². The Labute approximate surface area is 182 Å². The average Bonchev–Trinajstić information content (AvgIpc) is 2.96. The minimum atomic E-state index is -0.980. The van der Waals surface area contributed by atoms with E-state index in [1.165, 1.54) is 28.6 Å². The molecule has 0 aliphatic heterocycles. The molecule has 1 aliphatic carbocycles. The zero-order chi connectivity index (χ0) is 22.7. The number of fused-ring (bicyclic) bond motifs is 1. The number of hydrogen-bond donors (Lipinski definition) is 1. The van der Waals surface area contributed by atoms with E-state index in [-0.39, 0.29) is 16.4 Å². The number of benzene rings is 1. The molecule has 0 amide bonds. The van der Waals surface area contributed by atoms with Crippen molar-refractivity contribution in [2.45, 2.75) is 85.0 Å². The molecule has 2 rings (SSSR count). The van der Waals surface area contributed by atoms with E-state index in [9.17, 15) is 9.90 Å². The van der Waals surface area contributed by atoms with Crippen molar-refractivity contribution in [1.82, 2.24) is 0 Å². The highest BCUT2D eigenvalue weighted by Gasteiger charge is 2.34. The third kappa shape index (κ3) is 5.21. The van der Waals surface area contributed by atoms with E-state index in [0.717, 1.165) is 32.2 Å². The normalized spacial score (nSPS) is 16.0. The molecule has 0 bridgehead atoms. The van der Waals surface area contributed by atoms with Gasteiger partial charge in [0.1, 0.15) is 5.82 Å². The summed E-state index contributed by atoms with van der Waals surface area (Å²) >= 11 is 0. The summed E-state index contributed by atoms with van der Waals surface area (Å²) in [5.41, 5.74) is 5.63. The van der Waals surface area contributed by atoms with Crippen LogP contribution >= 0.6 is 0 Å². The lowest BCUT2D eigenvalue weighted by molar-refractivity contribution is -0.132. The second kappa shape index (κ2) is 9.20. The second-order valence-corrected chi connectivity index (χ2v) is 9.88. The van der Waals surface area contributed by atoms with Crippen molar-refractivity contribution in [1.29, 1.82) is 0 Å². The van der Waals surface area contributed by atoms with Crippen LogP contribution in [0.2, 0.25) is 0 Å². The first-order chi connectivity index (χ1) is 13.9. The Morgan fingerprint density at radius 1 is 1.33 bits per heavy atom.